The molecule has 0 saturated heterocycles. The van der Waals surface area contributed by atoms with Gasteiger partial charge in [-0.3, -0.25) is 0 Å². The van der Waals surface area contributed by atoms with Crippen LogP contribution in [0.1, 0.15) is 77.6 Å². The minimum absolute atomic E-state index is 0.0144. The number of furan rings is 1. The van der Waals surface area contributed by atoms with Crippen molar-refractivity contribution in [2.75, 3.05) is 4.90 Å². The van der Waals surface area contributed by atoms with E-state index in [1.54, 1.807) is 0 Å². The molecule has 1 heterocycles. The van der Waals surface area contributed by atoms with E-state index in [1.807, 2.05) is 6.07 Å². The molecule has 0 saturated carbocycles. The largest absolute Gasteiger partial charge is 0.455 e. The molecule has 346 valence electrons. The summed E-state index contributed by atoms with van der Waals surface area (Å²) in [6, 6.07) is 78.7. The lowest BCUT2D eigenvalue weighted by Gasteiger charge is -2.29. The second kappa shape index (κ2) is 16.6. The number of para-hydroxylation sites is 3. The normalized spacial score (nSPS) is 13.2. The van der Waals surface area contributed by atoms with Crippen LogP contribution in [0.15, 0.2) is 217 Å². The number of fused-ring (bicyclic) bond motifs is 7. The predicted molar refractivity (Wildman–Crippen MR) is 303 cm³/mol. The van der Waals surface area contributed by atoms with E-state index in [0.29, 0.717) is 0 Å². The molecule has 0 aliphatic heterocycles. The fourth-order valence-corrected chi connectivity index (χ4v) is 11.3. The van der Waals surface area contributed by atoms with E-state index in [0.717, 1.165) is 55.7 Å². The summed E-state index contributed by atoms with van der Waals surface area (Å²) < 4.78 is 6.63. The van der Waals surface area contributed by atoms with Gasteiger partial charge in [0.2, 0.25) is 0 Å². The molecule has 1 aromatic heterocycles. The van der Waals surface area contributed by atoms with E-state index in [1.165, 1.54) is 72.0 Å². The second-order valence-electron chi connectivity index (χ2n) is 22.2. The van der Waals surface area contributed by atoms with Crippen LogP contribution in [0.5, 0.6) is 0 Å². The van der Waals surface area contributed by atoms with Gasteiger partial charge in [0.05, 0.1) is 5.69 Å². The van der Waals surface area contributed by atoms with Crippen molar-refractivity contribution in [1.82, 2.24) is 0 Å². The first-order valence-electron chi connectivity index (χ1n) is 25.2. The topological polar surface area (TPSA) is 16.4 Å². The molecule has 71 heavy (non-hydrogen) atoms. The third-order valence-electron chi connectivity index (χ3n) is 15.2. The Balaban J connectivity index is 1.04. The highest BCUT2D eigenvalue weighted by Crippen LogP contribution is 2.51. The molecule has 11 aromatic rings. The van der Waals surface area contributed by atoms with Crippen molar-refractivity contribution in [2.45, 2.75) is 71.6 Å². The third kappa shape index (κ3) is 7.56. The number of hydrogen-bond acceptors (Lipinski definition) is 2. The first-order valence-corrected chi connectivity index (χ1v) is 25.2. The average Bonchev–Trinajstić information content (AvgIpc) is 3.87. The number of anilines is 3. The zero-order valence-electron chi connectivity index (χ0n) is 42.1. The second-order valence-corrected chi connectivity index (χ2v) is 22.2. The van der Waals surface area contributed by atoms with E-state index in [-0.39, 0.29) is 16.2 Å². The molecular weight excluding hydrogens is 859 g/mol. The Morgan fingerprint density at radius 2 is 0.972 bits per heavy atom. The Morgan fingerprint density at radius 3 is 1.73 bits per heavy atom. The monoisotopic (exact) mass is 917 g/mol. The summed E-state index contributed by atoms with van der Waals surface area (Å²) in [5, 5.41) is 4.71. The summed E-state index contributed by atoms with van der Waals surface area (Å²) >= 11 is 0. The van der Waals surface area contributed by atoms with Gasteiger partial charge >= 0.3 is 0 Å². The van der Waals surface area contributed by atoms with E-state index >= 15 is 0 Å². The van der Waals surface area contributed by atoms with Gasteiger partial charge in [0.25, 0.3) is 0 Å². The Kier molecular flexibility index (Phi) is 10.4. The fourth-order valence-electron chi connectivity index (χ4n) is 11.3. The molecule has 2 heteroatoms. The molecule has 0 atom stereocenters. The summed E-state index contributed by atoms with van der Waals surface area (Å²) in [7, 11) is 0. The van der Waals surface area contributed by atoms with Crippen molar-refractivity contribution >= 4 is 49.8 Å². The molecule has 1 aliphatic rings. The lowest BCUT2D eigenvalue weighted by Crippen LogP contribution is -2.16. The number of benzene rings is 10. The molecule has 0 N–H and O–H groups in total. The van der Waals surface area contributed by atoms with Crippen LogP contribution in [0.4, 0.5) is 17.1 Å². The summed E-state index contributed by atoms with van der Waals surface area (Å²) in [6.07, 6.45) is 0. The lowest BCUT2D eigenvalue weighted by molar-refractivity contribution is 0.569. The molecule has 0 spiro atoms. The van der Waals surface area contributed by atoms with Gasteiger partial charge in [-0.1, -0.05) is 225 Å². The van der Waals surface area contributed by atoms with E-state index in [2.05, 4.69) is 267 Å². The van der Waals surface area contributed by atoms with E-state index in [9.17, 15) is 0 Å². The van der Waals surface area contributed by atoms with Crippen molar-refractivity contribution in [3.63, 3.8) is 0 Å². The standard InChI is InChI=1S/C69H59NO/c1-67(2,3)49-39-48(40-50(43-49)68(4,5)6)53-26-16-19-45-20-17-28-59(65(45)53)57-24-10-13-31-63(57)70(52-22-15-21-47(41-52)54-27-18-29-60-58-25-11-14-32-64(58)71-66(54)60)51-36-33-44(34-37-51)46-35-38-56-55-23-9-12-30-61(55)69(7,8)62(56)42-46/h9-43H,1-8H3. The van der Waals surface area contributed by atoms with Gasteiger partial charge in [-0.2, -0.15) is 0 Å². The molecular formula is C69H59NO. The maximum atomic E-state index is 6.63. The van der Waals surface area contributed by atoms with Crippen LogP contribution in [-0.4, -0.2) is 0 Å². The van der Waals surface area contributed by atoms with Crippen molar-refractivity contribution in [3.8, 4) is 55.6 Å². The van der Waals surface area contributed by atoms with Crippen LogP contribution in [0.3, 0.4) is 0 Å². The maximum Gasteiger partial charge on any atom is 0.143 e. The van der Waals surface area contributed by atoms with Crippen molar-refractivity contribution < 1.29 is 4.42 Å². The van der Waals surface area contributed by atoms with Crippen LogP contribution in [0.2, 0.25) is 0 Å². The number of hydrogen-bond donors (Lipinski definition) is 0. The van der Waals surface area contributed by atoms with Crippen LogP contribution < -0.4 is 4.90 Å². The van der Waals surface area contributed by atoms with Crippen molar-refractivity contribution in [1.29, 1.82) is 0 Å². The van der Waals surface area contributed by atoms with Crippen molar-refractivity contribution in [2.24, 2.45) is 0 Å². The summed E-state index contributed by atoms with van der Waals surface area (Å²) in [6.45, 7) is 18.6. The van der Waals surface area contributed by atoms with Crippen LogP contribution in [0, 0.1) is 0 Å². The van der Waals surface area contributed by atoms with Crippen molar-refractivity contribution in [3.05, 3.63) is 235 Å². The maximum absolute atomic E-state index is 6.63. The Morgan fingerprint density at radius 1 is 0.380 bits per heavy atom. The zero-order valence-corrected chi connectivity index (χ0v) is 42.1. The highest BCUT2D eigenvalue weighted by atomic mass is 16.3. The SMILES string of the molecule is CC(C)(C)c1cc(-c2cccc3cccc(-c4ccccc4N(c4ccc(-c5ccc6c(c5)C(C)(C)c5ccccc5-6)cc4)c4cccc(-c5cccc6c5oc5ccccc56)c4)c23)cc(C(C)(C)C)c1. The quantitative estimate of drug-likeness (QED) is 0.158. The molecule has 0 amide bonds. The smallest absolute Gasteiger partial charge is 0.143 e. The summed E-state index contributed by atoms with van der Waals surface area (Å²) in [4.78, 5) is 2.45. The first-order chi connectivity index (χ1) is 34.2. The first kappa shape index (κ1) is 44.3. The van der Waals surface area contributed by atoms with Gasteiger partial charge in [-0.25, -0.2) is 0 Å². The van der Waals surface area contributed by atoms with Gasteiger partial charge in [0.15, 0.2) is 0 Å². The van der Waals surface area contributed by atoms with Crippen LogP contribution in [0.25, 0.3) is 88.3 Å². The Hall–Kier alpha value is -7.94. The summed E-state index contributed by atoms with van der Waals surface area (Å²) in [5.74, 6) is 0. The summed E-state index contributed by atoms with van der Waals surface area (Å²) in [5.41, 5.74) is 22.4. The highest BCUT2D eigenvalue weighted by Gasteiger charge is 2.35. The third-order valence-corrected chi connectivity index (χ3v) is 15.2. The van der Waals surface area contributed by atoms with E-state index in [4.69, 9.17) is 4.42 Å². The average molecular weight is 918 g/mol. The van der Waals surface area contributed by atoms with Crippen LogP contribution in [-0.2, 0) is 16.2 Å². The fraction of sp³-hybridized carbons (Fsp3) is 0.159. The highest BCUT2D eigenvalue weighted by molar-refractivity contribution is 6.11. The molecule has 0 unspecified atom stereocenters. The molecule has 2 nitrogen and oxygen atoms in total. The molecule has 0 bridgehead atoms. The molecule has 0 fully saturated rings. The van der Waals surface area contributed by atoms with Gasteiger partial charge < -0.3 is 9.32 Å². The predicted octanol–water partition coefficient (Wildman–Crippen LogP) is 19.8. The van der Waals surface area contributed by atoms with E-state index < -0.39 is 0 Å². The van der Waals surface area contributed by atoms with Gasteiger partial charge in [0, 0.05) is 38.7 Å². The minimum atomic E-state index is -0.0775. The Labute approximate surface area is 418 Å². The van der Waals surface area contributed by atoms with Crippen LogP contribution >= 0.6 is 0 Å². The lowest BCUT2D eigenvalue weighted by atomic mass is 9.78. The molecule has 12 rings (SSSR count). The number of nitrogens with zero attached hydrogens (tertiary/aromatic N) is 1. The van der Waals surface area contributed by atoms with Gasteiger partial charge in [0.1, 0.15) is 11.2 Å². The van der Waals surface area contributed by atoms with Gasteiger partial charge in [-0.05, 0) is 131 Å². The molecule has 0 radical (unpaired) electrons. The zero-order chi connectivity index (χ0) is 48.8. The Bertz CT molecular complexity index is 3830. The molecule has 10 aromatic carbocycles. The minimum Gasteiger partial charge on any atom is -0.455 e. The molecule has 1 aliphatic carbocycles. The van der Waals surface area contributed by atoms with Gasteiger partial charge in [-0.15, -0.1) is 0 Å². The number of rotatable bonds is 7.